The highest BCUT2D eigenvalue weighted by Gasteiger charge is 2.09. The van der Waals surface area contributed by atoms with Crippen LogP contribution in [0.25, 0.3) is 0 Å². The van der Waals surface area contributed by atoms with E-state index in [1.165, 1.54) is 4.88 Å². The molecule has 1 rings (SSSR count). The van der Waals surface area contributed by atoms with E-state index in [0.717, 1.165) is 6.54 Å². The number of carbonyl (C=O) groups excluding carboxylic acids is 1. The first-order valence-corrected chi connectivity index (χ1v) is 5.86. The number of nitrogens with one attached hydrogen (secondary N) is 1. The molecule has 84 valence electrons. The van der Waals surface area contributed by atoms with E-state index < -0.39 is 0 Å². The Bertz CT molecular complexity index is 288. The molecular weight excluding hydrogens is 212 g/mol. The predicted molar refractivity (Wildman–Crippen MR) is 59.7 cm³/mol. The van der Waals surface area contributed by atoms with Gasteiger partial charge in [0.15, 0.2) is 0 Å². The molecule has 1 N–H and O–H groups in total. The van der Waals surface area contributed by atoms with Gasteiger partial charge in [-0.25, -0.2) is 0 Å². The van der Waals surface area contributed by atoms with E-state index in [2.05, 4.69) is 10.3 Å². The van der Waals surface area contributed by atoms with E-state index >= 15 is 0 Å². The average Bonchev–Trinajstić information content (AvgIpc) is 2.67. The van der Waals surface area contributed by atoms with E-state index in [-0.39, 0.29) is 12.0 Å². The molecule has 0 spiro atoms. The van der Waals surface area contributed by atoms with Gasteiger partial charge in [0.25, 0.3) is 0 Å². The number of hydrogen-bond acceptors (Lipinski definition) is 5. The molecule has 0 aromatic carbocycles. The summed E-state index contributed by atoms with van der Waals surface area (Å²) < 4.78 is 4.86. The monoisotopic (exact) mass is 228 g/mol. The molecule has 1 atom stereocenters. The Morgan fingerprint density at radius 2 is 2.53 bits per heavy atom. The van der Waals surface area contributed by atoms with Crippen LogP contribution in [0.3, 0.4) is 0 Å². The van der Waals surface area contributed by atoms with Crippen molar-refractivity contribution in [2.75, 3.05) is 6.61 Å². The number of carbonyl (C=O) groups is 1. The molecule has 1 aromatic rings. The molecule has 4 nitrogen and oxygen atoms in total. The van der Waals surface area contributed by atoms with Crippen molar-refractivity contribution in [3.05, 3.63) is 16.6 Å². The van der Waals surface area contributed by atoms with E-state index in [1.807, 2.05) is 20.0 Å². The maximum absolute atomic E-state index is 11.1. The van der Waals surface area contributed by atoms with Crippen molar-refractivity contribution < 1.29 is 9.53 Å². The minimum Gasteiger partial charge on any atom is -0.466 e. The third-order valence-corrected chi connectivity index (χ3v) is 2.67. The highest BCUT2D eigenvalue weighted by Crippen LogP contribution is 2.05. The van der Waals surface area contributed by atoms with Gasteiger partial charge in [0.2, 0.25) is 0 Å². The Hall–Kier alpha value is -0.940. The first kappa shape index (κ1) is 12.1. The molecule has 0 saturated carbocycles. The second-order valence-electron chi connectivity index (χ2n) is 3.26. The Morgan fingerprint density at radius 3 is 3.13 bits per heavy atom. The van der Waals surface area contributed by atoms with Crippen LogP contribution in [0.15, 0.2) is 11.7 Å². The SMILES string of the molecule is CCOC(=O)CC(C)NCc1cncs1. The van der Waals surface area contributed by atoms with Gasteiger partial charge in [0.1, 0.15) is 0 Å². The summed E-state index contributed by atoms with van der Waals surface area (Å²) in [6.07, 6.45) is 2.24. The largest absolute Gasteiger partial charge is 0.466 e. The Labute approximate surface area is 93.7 Å². The van der Waals surface area contributed by atoms with Crippen LogP contribution >= 0.6 is 11.3 Å². The van der Waals surface area contributed by atoms with Gasteiger partial charge < -0.3 is 10.1 Å². The minimum absolute atomic E-state index is 0.131. The number of nitrogens with zero attached hydrogens (tertiary/aromatic N) is 1. The first-order chi connectivity index (χ1) is 7.22. The molecule has 0 radical (unpaired) electrons. The number of esters is 1. The lowest BCUT2D eigenvalue weighted by molar-refractivity contribution is -0.143. The Morgan fingerprint density at radius 1 is 1.73 bits per heavy atom. The third-order valence-electron chi connectivity index (χ3n) is 1.89. The summed E-state index contributed by atoms with van der Waals surface area (Å²) >= 11 is 1.60. The fourth-order valence-electron chi connectivity index (χ4n) is 1.15. The average molecular weight is 228 g/mol. The summed E-state index contributed by atoms with van der Waals surface area (Å²) in [4.78, 5) is 16.3. The molecule has 1 unspecified atom stereocenters. The maximum Gasteiger partial charge on any atom is 0.307 e. The molecule has 1 aromatic heterocycles. The normalized spacial score (nSPS) is 12.4. The van der Waals surface area contributed by atoms with Crippen LogP contribution in [0, 0.1) is 0 Å². The van der Waals surface area contributed by atoms with Crippen molar-refractivity contribution in [3.63, 3.8) is 0 Å². The molecule has 0 aliphatic heterocycles. The smallest absolute Gasteiger partial charge is 0.307 e. The molecule has 0 aliphatic carbocycles. The summed E-state index contributed by atoms with van der Waals surface area (Å²) in [5.41, 5.74) is 1.80. The van der Waals surface area contributed by atoms with Crippen LogP contribution in [0.2, 0.25) is 0 Å². The fourth-order valence-corrected chi connectivity index (χ4v) is 1.69. The van der Waals surface area contributed by atoms with Gasteiger partial charge in [-0.2, -0.15) is 0 Å². The van der Waals surface area contributed by atoms with Crippen molar-refractivity contribution in [2.45, 2.75) is 32.9 Å². The van der Waals surface area contributed by atoms with Crippen LogP contribution in [0.4, 0.5) is 0 Å². The van der Waals surface area contributed by atoms with E-state index in [0.29, 0.717) is 13.0 Å². The first-order valence-electron chi connectivity index (χ1n) is 4.98. The topological polar surface area (TPSA) is 51.2 Å². The molecule has 15 heavy (non-hydrogen) atoms. The molecule has 0 amide bonds. The van der Waals surface area contributed by atoms with Crippen LogP contribution < -0.4 is 5.32 Å². The van der Waals surface area contributed by atoms with Gasteiger partial charge in [-0.05, 0) is 13.8 Å². The molecular formula is C10H16N2O2S. The summed E-state index contributed by atoms with van der Waals surface area (Å²) in [5, 5.41) is 3.24. The van der Waals surface area contributed by atoms with Crippen molar-refractivity contribution in [1.29, 1.82) is 0 Å². The quantitative estimate of drug-likeness (QED) is 0.751. The molecule has 1 heterocycles. The number of hydrogen-bond donors (Lipinski definition) is 1. The van der Waals surface area contributed by atoms with E-state index in [9.17, 15) is 4.79 Å². The number of ether oxygens (including phenoxy) is 1. The second-order valence-corrected chi connectivity index (χ2v) is 4.23. The fraction of sp³-hybridized carbons (Fsp3) is 0.600. The molecule has 0 aliphatic rings. The zero-order chi connectivity index (χ0) is 11.1. The Kier molecular flexibility index (Phi) is 5.28. The van der Waals surface area contributed by atoms with Gasteiger partial charge in [-0.1, -0.05) is 0 Å². The zero-order valence-corrected chi connectivity index (χ0v) is 9.84. The predicted octanol–water partition coefficient (Wildman–Crippen LogP) is 1.57. The van der Waals surface area contributed by atoms with E-state index in [1.54, 1.807) is 16.8 Å². The number of aromatic nitrogens is 1. The molecule has 0 fully saturated rings. The third kappa shape index (κ3) is 4.90. The van der Waals surface area contributed by atoms with E-state index in [4.69, 9.17) is 4.74 Å². The van der Waals surface area contributed by atoms with Crippen LogP contribution in [0.5, 0.6) is 0 Å². The van der Waals surface area contributed by atoms with Crippen LogP contribution in [0.1, 0.15) is 25.1 Å². The minimum atomic E-state index is -0.151. The van der Waals surface area contributed by atoms with Gasteiger partial charge in [-0.15, -0.1) is 11.3 Å². The summed E-state index contributed by atoms with van der Waals surface area (Å²) in [6.45, 7) is 4.98. The second kappa shape index (κ2) is 6.53. The standard InChI is InChI=1S/C10H16N2O2S/c1-3-14-10(13)4-8(2)12-6-9-5-11-7-15-9/h5,7-8,12H,3-4,6H2,1-2H3. The summed E-state index contributed by atoms with van der Waals surface area (Å²) in [6, 6.07) is 0.131. The lowest BCUT2D eigenvalue weighted by Gasteiger charge is -2.11. The zero-order valence-electron chi connectivity index (χ0n) is 9.03. The number of rotatable bonds is 6. The Balaban J connectivity index is 2.18. The highest BCUT2D eigenvalue weighted by atomic mass is 32.1. The van der Waals surface area contributed by atoms with Gasteiger partial charge in [-0.3, -0.25) is 9.78 Å². The van der Waals surface area contributed by atoms with Gasteiger partial charge in [0.05, 0.1) is 18.5 Å². The van der Waals surface area contributed by atoms with Crippen molar-refractivity contribution in [2.24, 2.45) is 0 Å². The maximum atomic E-state index is 11.1. The van der Waals surface area contributed by atoms with Crippen molar-refractivity contribution in [1.82, 2.24) is 10.3 Å². The summed E-state index contributed by atoms with van der Waals surface area (Å²) in [7, 11) is 0. The lowest BCUT2D eigenvalue weighted by atomic mass is 10.2. The lowest BCUT2D eigenvalue weighted by Crippen LogP contribution is -2.28. The van der Waals surface area contributed by atoms with Crippen molar-refractivity contribution >= 4 is 17.3 Å². The highest BCUT2D eigenvalue weighted by molar-refractivity contribution is 7.09. The molecule has 0 bridgehead atoms. The number of thiazole rings is 1. The van der Waals surface area contributed by atoms with Gasteiger partial charge in [0, 0.05) is 23.7 Å². The van der Waals surface area contributed by atoms with Crippen LogP contribution in [-0.2, 0) is 16.1 Å². The van der Waals surface area contributed by atoms with Crippen molar-refractivity contribution in [3.8, 4) is 0 Å². The molecule has 5 heteroatoms. The van der Waals surface area contributed by atoms with Gasteiger partial charge >= 0.3 is 5.97 Å². The molecule has 0 saturated heterocycles. The summed E-state index contributed by atoms with van der Waals surface area (Å²) in [5.74, 6) is -0.151. The van der Waals surface area contributed by atoms with Crippen LogP contribution in [-0.4, -0.2) is 23.6 Å².